The zero-order chi connectivity index (χ0) is 15.4. The van der Waals surface area contributed by atoms with Crippen LogP contribution in [0.1, 0.15) is 18.6 Å². The zero-order valence-corrected chi connectivity index (χ0v) is 13.6. The van der Waals surface area contributed by atoms with Crippen LogP contribution in [0.2, 0.25) is 0 Å². The molecule has 1 unspecified atom stereocenters. The predicted molar refractivity (Wildman–Crippen MR) is 82.4 cm³/mol. The second kappa shape index (κ2) is 6.93. The van der Waals surface area contributed by atoms with Gasteiger partial charge in [-0.15, -0.1) is 0 Å². The van der Waals surface area contributed by atoms with Crippen LogP contribution < -0.4 is 0 Å². The molecule has 1 fully saturated rings. The number of rotatable bonds is 4. The third kappa shape index (κ3) is 3.97. The number of hydrogen-bond acceptors (Lipinski definition) is 3. The number of carbonyl (C=O) groups excluding carboxylic acids is 2. The second-order valence-electron chi connectivity index (χ2n) is 5.23. The normalized spacial score (nSPS) is 18.4. The molecule has 0 spiro atoms. The molecule has 114 valence electrons. The highest BCUT2D eigenvalue weighted by molar-refractivity contribution is 9.10. The van der Waals surface area contributed by atoms with Gasteiger partial charge in [-0.3, -0.25) is 9.59 Å². The van der Waals surface area contributed by atoms with E-state index in [0.717, 1.165) is 18.6 Å². The Morgan fingerprint density at radius 2 is 2.33 bits per heavy atom. The summed E-state index contributed by atoms with van der Waals surface area (Å²) in [5.74, 6) is 0.521. The summed E-state index contributed by atoms with van der Waals surface area (Å²) in [5.41, 5.74) is 0. The van der Waals surface area contributed by atoms with E-state index in [1.807, 2.05) is 6.07 Å². The summed E-state index contributed by atoms with van der Waals surface area (Å²) in [6, 6.07) is 3.64. The average molecular weight is 355 g/mol. The molecule has 0 N–H and O–H groups in total. The molecule has 0 saturated carbocycles. The monoisotopic (exact) mass is 354 g/mol. The topological polar surface area (TPSA) is 53.8 Å². The Bertz CT molecular complexity index is 541. The van der Waals surface area contributed by atoms with Crippen molar-refractivity contribution in [3.05, 3.63) is 35.2 Å². The minimum Gasteiger partial charge on any atom is -0.452 e. The van der Waals surface area contributed by atoms with E-state index in [9.17, 15) is 9.59 Å². The lowest BCUT2D eigenvalue weighted by Crippen LogP contribution is -2.45. The SMILES string of the molecule is C=CC(=O)N1CCCC(C(=O)N(C)Cc2ccc(Br)o2)C1. The van der Waals surface area contributed by atoms with Crippen LogP contribution in [0.3, 0.4) is 0 Å². The molecule has 2 rings (SSSR count). The predicted octanol–water partition coefficient (Wildman–Crippen LogP) is 2.43. The van der Waals surface area contributed by atoms with Crippen molar-refractivity contribution in [2.45, 2.75) is 19.4 Å². The van der Waals surface area contributed by atoms with Gasteiger partial charge in [0, 0.05) is 20.1 Å². The Balaban J connectivity index is 1.95. The third-order valence-electron chi connectivity index (χ3n) is 3.66. The van der Waals surface area contributed by atoms with Gasteiger partial charge in [0.15, 0.2) is 4.67 Å². The largest absolute Gasteiger partial charge is 0.452 e. The molecule has 6 heteroatoms. The Morgan fingerprint density at radius 3 is 2.95 bits per heavy atom. The van der Waals surface area contributed by atoms with E-state index < -0.39 is 0 Å². The number of likely N-dealkylation sites (tertiary alicyclic amines) is 1. The molecule has 2 amide bonds. The van der Waals surface area contributed by atoms with Crippen molar-refractivity contribution in [3.63, 3.8) is 0 Å². The molecule has 21 heavy (non-hydrogen) atoms. The van der Waals surface area contributed by atoms with Gasteiger partial charge in [-0.25, -0.2) is 0 Å². The van der Waals surface area contributed by atoms with E-state index in [-0.39, 0.29) is 17.7 Å². The van der Waals surface area contributed by atoms with Crippen LogP contribution >= 0.6 is 15.9 Å². The van der Waals surface area contributed by atoms with Gasteiger partial charge in [0.2, 0.25) is 11.8 Å². The number of furan rings is 1. The van der Waals surface area contributed by atoms with Crippen molar-refractivity contribution in [1.29, 1.82) is 0 Å². The Morgan fingerprint density at radius 1 is 1.57 bits per heavy atom. The van der Waals surface area contributed by atoms with Crippen molar-refractivity contribution < 1.29 is 14.0 Å². The molecule has 1 aromatic heterocycles. The van der Waals surface area contributed by atoms with Crippen molar-refractivity contribution in [1.82, 2.24) is 9.80 Å². The summed E-state index contributed by atoms with van der Waals surface area (Å²) < 4.78 is 6.07. The molecule has 1 aliphatic heterocycles. The van der Waals surface area contributed by atoms with Gasteiger partial charge < -0.3 is 14.2 Å². The maximum absolute atomic E-state index is 12.5. The van der Waals surface area contributed by atoms with E-state index in [1.165, 1.54) is 6.08 Å². The first-order valence-corrected chi connectivity index (χ1v) is 7.71. The summed E-state index contributed by atoms with van der Waals surface area (Å²) in [5, 5.41) is 0. The number of halogens is 1. The van der Waals surface area contributed by atoms with E-state index in [0.29, 0.717) is 24.3 Å². The molecular weight excluding hydrogens is 336 g/mol. The second-order valence-corrected chi connectivity index (χ2v) is 6.01. The molecule has 1 saturated heterocycles. The van der Waals surface area contributed by atoms with Gasteiger partial charge >= 0.3 is 0 Å². The van der Waals surface area contributed by atoms with Crippen LogP contribution in [0, 0.1) is 5.92 Å². The van der Waals surface area contributed by atoms with Crippen LogP contribution in [0.4, 0.5) is 0 Å². The van der Waals surface area contributed by atoms with Crippen LogP contribution in [0.5, 0.6) is 0 Å². The molecule has 1 aromatic rings. The van der Waals surface area contributed by atoms with Gasteiger partial charge in [-0.1, -0.05) is 6.58 Å². The summed E-state index contributed by atoms with van der Waals surface area (Å²) >= 11 is 3.24. The van der Waals surface area contributed by atoms with E-state index in [1.54, 1.807) is 22.9 Å². The van der Waals surface area contributed by atoms with Crippen molar-refractivity contribution >= 4 is 27.7 Å². The minimum absolute atomic E-state index is 0.0454. The third-order valence-corrected chi connectivity index (χ3v) is 4.08. The van der Waals surface area contributed by atoms with Crippen LogP contribution in [0.15, 0.2) is 33.9 Å². The van der Waals surface area contributed by atoms with Crippen LogP contribution in [0.25, 0.3) is 0 Å². The Hall–Kier alpha value is -1.56. The molecule has 2 heterocycles. The lowest BCUT2D eigenvalue weighted by Gasteiger charge is -2.33. The van der Waals surface area contributed by atoms with Crippen molar-refractivity contribution in [2.75, 3.05) is 20.1 Å². The van der Waals surface area contributed by atoms with Gasteiger partial charge in [0.1, 0.15) is 5.76 Å². The van der Waals surface area contributed by atoms with Gasteiger partial charge in [0.25, 0.3) is 0 Å². The molecule has 0 radical (unpaired) electrons. The lowest BCUT2D eigenvalue weighted by atomic mass is 9.96. The fraction of sp³-hybridized carbons (Fsp3) is 0.467. The minimum atomic E-state index is -0.147. The van der Waals surface area contributed by atoms with Gasteiger partial charge in [-0.2, -0.15) is 0 Å². The maximum atomic E-state index is 12.5. The molecule has 0 aromatic carbocycles. The van der Waals surface area contributed by atoms with Crippen molar-refractivity contribution in [2.24, 2.45) is 5.92 Å². The lowest BCUT2D eigenvalue weighted by molar-refractivity contribution is -0.139. The smallest absolute Gasteiger partial charge is 0.245 e. The van der Waals surface area contributed by atoms with Crippen molar-refractivity contribution in [3.8, 4) is 0 Å². The number of piperidine rings is 1. The fourth-order valence-corrected chi connectivity index (χ4v) is 2.91. The molecule has 0 bridgehead atoms. The Kier molecular flexibility index (Phi) is 5.22. The number of hydrogen-bond donors (Lipinski definition) is 0. The number of carbonyl (C=O) groups is 2. The summed E-state index contributed by atoms with van der Waals surface area (Å²) in [7, 11) is 1.76. The first-order chi connectivity index (χ1) is 10.0. The molecule has 0 aliphatic carbocycles. The number of amides is 2. The van der Waals surface area contributed by atoms with E-state index in [4.69, 9.17) is 4.42 Å². The number of nitrogens with zero attached hydrogens (tertiary/aromatic N) is 2. The quantitative estimate of drug-likeness (QED) is 0.780. The highest BCUT2D eigenvalue weighted by Crippen LogP contribution is 2.21. The first-order valence-electron chi connectivity index (χ1n) is 6.91. The molecule has 1 aliphatic rings. The summed E-state index contributed by atoms with van der Waals surface area (Å²) in [6.45, 7) is 5.09. The van der Waals surface area contributed by atoms with Crippen LogP contribution in [-0.4, -0.2) is 41.8 Å². The standard InChI is InChI=1S/C15H19BrN2O3/c1-3-14(19)18-8-4-5-11(9-18)15(20)17(2)10-12-6-7-13(16)21-12/h3,6-7,11H,1,4-5,8-10H2,2H3. The van der Waals surface area contributed by atoms with E-state index in [2.05, 4.69) is 22.5 Å². The molecule has 1 atom stereocenters. The summed E-state index contributed by atoms with van der Waals surface area (Å²) in [6.07, 6.45) is 2.96. The molecular formula is C15H19BrN2O3. The highest BCUT2D eigenvalue weighted by Gasteiger charge is 2.29. The Labute approximate surface area is 132 Å². The average Bonchev–Trinajstić information content (AvgIpc) is 2.90. The van der Waals surface area contributed by atoms with Crippen LogP contribution in [-0.2, 0) is 16.1 Å². The van der Waals surface area contributed by atoms with Gasteiger partial charge in [0.05, 0.1) is 12.5 Å². The summed E-state index contributed by atoms with van der Waals surface area (Å²) in [4.78, 5) is 27.5. The zero-order valence-electron chi connectivity index (χ0n) is 12.0. The van der Waals surface area contributed by atoms with E-state index >= 15 is 0 Å². The molecule has 5 nitrogen and oxygen atoms in total. The maximum Gasteiger partial charge on any atom is 0.245 e. The fourth-order valence-electron chi connectivity index (χ4n) is 2.57. The first kappa shape index (κ1) is 15.8. The highest BCUT2D eigenvalue weighted by atomic mass is 79.9. The van der Waals surface area contributed by atoms with Gasteiger partial charge in [-0.05, 0) is 47.0 Å².